The van der Waals surface area contributed by atoms with Gasteiger partial charge in [-0.15, -0.1) is 10.7 Å². The largest absolute Gasteiger partial charge is 0.483 e. The molecular formula is C22H22ClFN4O4S. The van der Waals surface area contributed by atoms with Crippen LogP contribution in [-0.2, 0) is 20.2 Å². The molecule has 2 saturated heterocycles. The Morgan fingerprint density at radius 2 is 2.00 bits per heavy atom. The highest BCUT2D eigenvalue weighted by atomic mass is 35.5. The van der Waals surface area contributed by atoms with Crippen LogP contribution in [0.4, 0.5) is 21.6 Å². The van der Waals surface area contributed by atoms with E-state index in [-0.39, 0.29) is 41.2 Å². The van der Waals surface area contributed by atoms with E-state index in [9.17, 15) is 5.11 Å². The van der Waals surface area contributed by atoms with Crippen molar-refractivity contribution in [3.05, 3.63) is 47.5 Å². The van der Waals surface area contributed by atoms with Gasteiger partial charge >= 0.3 is 0 Å². The second-order valence-electron chi connectivity index (χ2n) is 7.99. The van der Waals surface area contributed by atoms with Crippen molar-refractivity contribution in [2.45, 2.75) is 24.4 Å². The Kier molecular flexibility index (Phi) is 6.19. The Labute approximate surface area is 197 Å². The summed E-state index contributed by atoms with van der Waals surface area (Å²) in [6, 6.07) is 8.19. The van der Waals surface area contributed by atoms with Crippen LogP contribution in [0.25, 0.3) is 10.9 Å². The molecule has 2 fully saturated rings. The van der Waals surface area contributed by atoms with E-state index in [4.69, 9.17) is 25.8 Å². The molecule has 5 rings (SSSR count). The van der Waals surface area contributed by atoms with Crippen LogP contribution < -0.4 is 10.1 Å². The highest BCUT2D eigenvalue weighted by Crippen LogP contribution is 2.37. The fourth-order valence-electron chi connectivity index (χ4n) is 4.02. The number of halogens is 2. The molecule has 0 spiro atoms. The molecule has 2 aliphatic rings. The van der Waals surface area contributed by atoms with Crippen LogP contribution in [0.5, 0.6) is 5.75 Å². The van der Waals surface area contributed by atoms with Crippen LogP contribution >= 0.6 is 11.6 Å². The number of ether oxygens (including phenoxy) is 3. The Bertz CT molecular complexity index is 1240. The predicted molar refractivity (Wildman–Crippen MR) is 125 cm³/mol. The smallest absolute Gasteiger partial charge is 0.151 e. The standard InChI is InChI=1S/C22H22ClFN4O4S/c1-33(2)28-12-6-13(24)19-15(7-12)25-10-26-22(19)27-14-4-3-11(23)5-17(14)32-18-9-31-20-16(29)8-30-21(18)20/h3-7,10,16,18,20-21,29H,8-9H2,1-2H3,(H,25,26,27)/t16?,18-,20-,21?/m1/s1. The van der Waals surface area contributed by atoms with Gasteiger partial charge in [-0.25, -0.2) is 18.7 Å². The van der Waals surface area contributed by atoms with Crippen molar-refractivity contribution in [2.24, 2.45) is 4.36 Å². The number of rotatable bonds is 5. The molecule has 2 aromatic carbocycles. The van der Waals surface area contributed by atoms with E-state index < -0.39 is 24.1 Å². The van der Waals surface area contributed by atoms with E-state index in [1.165, 1.54) is 12.4 Å². The normalized spacial score (nSPS) is 24.3. The van der Waals surface area contributed by atoms with Crippen molar-refractivity contribution in [3.63, 3.8) is 0 Å². The first kappa shape index (κ1) is 22.4. The zero-order chi connectivity index (χ0) is 23.1. The number of aliphatic hydroxyl groups excluding tert-OH is 1. The first-order valence-electron chi connectivity index (χ1n) is 10.3. The van der Waals surface area contributed by atoms with Gasteiger partial charge in [0.05, 0.1) is 35.5 Å². The van der Waals surface area contributed by atoms with Crippen LogP contribution in [-0.4, -0.2) is 65.2 Å². The Morgan fingerprint density at radius 3 is 2.82 bits per heavy atom. The number of hydrogen-bond donors (Lipinski definition) is 2. The zero-order valence-corrected chi connectivity index (χ0v) is 19.4. The lowest BCUT2D eigenvalue weighted by Gasteiger charge is -2.21. The van der Waals surface area contributed by atoms with E-state index in [0.29, 0.717) is 27.7 Å². The van der Waals surface area contributed by atoms with Gasteiger partial charge in [0.2, 0.25) is 0 Å². The molecule has 0 radical (unpaired) electrons. The third kappa shape index (κ3) is 4.53. The number of hydrogen-bond acceptors (Lipinski definition) is 8. The van der Waals surface area contributed by atoms with Crippen LogP contribution in [0.3, 0.4) is 0 Å². The topological polar surface area (TPSA) is 98.1 Å². The van der Waals surface area contributed by atoms with E-state index in [0.717, 1.165) is 0 Å². The maximum absolute atomic E-state index is 15.1. The minimum Gasteiger partial charge on any atom is -0.483 e. The SMILES string of the molecule is CS(C)=Nc1cc(F)c2c(Nc3ccc(Cl)cc3O[C@@H]3CO[C@@H]4C(O)COC43)ncnc2c1. The Hall–Kier alpha value is -2.37. The van der Waals surface area contributed by atoms with Crippen LogP contribution in [0.2, 0.25) is 5.02 Å². The number of nitrogens with one attached hydrogen (secondary N) is 1. The first-order valence-corrected chi connectivity index (χ1v) is 12.6. The van der Waals surface area contributed by atoms with E-state index >= 15 is 4.39 Å². The molecule has 2 N–H and O–H groups in total. The molecule has 0 saturated carbocycles. The molecular weight excluding hydrogens is 471 g/mol. The van der Waals surface area contributed by atoms with Gasteiger partial charge in [0, 0.05) is 17.2 Å². The molecule has 1 aromatic heterocycles. The summed E-state index contributed by atoms with van der Waals surface area (Å²) in [4.78, 5) is 8.47. The minimum absolute atomic E-state index is 0.202. The van der Waals surface area contributed by atoms with E-state index in [1.807, 2.05) is 12.5 Å². The van der Waals surface area contributed by atoms with Crippen LogP contribution in [0.15, 0.2) is 41.0 Å². The quantitative estimate of drug-likeness (QED) is 0.559. The average Bonchev–Trinajstić information content (AvgIpc) is 3.32. The zero-order valence-electron chi connectivity index (χ0n) is 17.9. The van der Waals surface area contributed by atoms with Crippen molar-refractivity contribution in [1.82, 2.24) is 9.97 Å². The third-order valence-corrected chi connectivity index (χ3v) is 6.23. The minimum atomic E-state index is -0.677. The Morgan fingerprint density at radius 1 is 1.18 bits per heavy atom. The second kappa shape index (κ2) is 9.11. The van der Waals surface area contributed by atoms with Gasteiger partial charge in [-0.05, 0) is 30.7 Å². The fourth-order valence-corrected chi connectivity index (χ4v) is 4.71. The van der Waals surface area contributed by atoms with E-state index in [1.54, 1.807) is 24.3 Å². The summed E-state index contributed by atoms with van der Waals surface area (Å²) in [6.45, 7) is 0.472. The highest BCUT2D eigenvalue weighted by molar-refractivity contribution is 7.85. The van der Waals surface area contributed by atoms with Gasteiger partial charge in [0.1, 0.15) is 42.0 Å². The van der Waals surface area contributed by atoms with Crippen LogP contribution in [0.1, 0.15) is 0 Å². The molecule has 0 bridgehead atoms. The summed E-state index contributed by atoms with van der Waals surface area (Å²) in [5.41, 5.74) is 1.51. The molecule has 33 heavy (non-hydrogen) atoms. The maximum atomic E-state index is 15.1. The third-order valence-electron chi connectivity index (χ3n) is 5.42. The lowest BCUT2D eigenvalue weighted by atomic mass is 10.1. The molecule has 0 aliphatic carbocycles. The monoisotopic (exact) mass is 492 g/mol. The summed E-state index contributed by atoms with van der Waals surface area (Å²) in [5.74, 6) is 0.245. The van der Waals surface area contributed by atoms with Crippen molar-refractivity contribution in [1.29, 1.82) is 0 Å². The van der Waals surface area contributed by atoms with Gasteiger partial charge in [-0.3, -0.25) is 0 Å². The molecule has 3 aromatic rings. The summed E-state index contributed by atoms with van der Waals surface area (Å²) < 4.78 is 36.9. The van der Waals surface area contributed by atoms with Gasteiger partial charge in [0.25, 0.3) is 0 Å². The summed E-state index contributed by atoms with van der Waals surface area (Å²) in [7, 11) is -0.233. The number of anilines is 2. The molecule has 4 atom stereocenters. The highest BCUT2D eigenvalue weighted by Gasteiger charge is 2.48. The van der Waals surface area contributed by atoms with Crippen molar-refractivity contribution < 1.29 is 23.7 Å². The van der Waals surface area contributed by atoms with Gasteiger partial charge in [-0.2, -0.15) is 0 Å². The van der Waals surface area contributed by atoms with Crippen LogP contribution in [0, 0.1) is 5.82 Å². The molecule has 0 amide bonds. The van der Waals surface area contributed by atoms with E-state index in [2.05, 4.69) is 19.6 Å². The summed E-state index contributed by atoms with van der Waals surface area (Å²) in [5, 5.41) is 13.8. The number of benzene rings is 2. The average molecular weight is 493 g/mol. The van der Waals surface area contributed by atoms with Gasteiger partial charge in [0.15, 0.2) is 6.10 Å². The maximum Gasteiger partial charge on any atom is 0.151 e. The number of fused-ring (bicyclic) bond motifs is 2. The number of nitrogens with zero attached hydrogens (tertiary/aromatic N) is 3. The fraction of sp³-hybridized carbons (Fsp3) is 0.364. The molecule has 3 heterocycles. The lowest BCUT2D eigenvalue weighted by Crippen LogP contribution is -2.34. The first-order chi connectivity index (χ1) is 15.9. The predicted octanol–water partition coefficient (Wildman–Crippen LogP) is 3.76. The van der Waals surface area contributed by atoms with Crippen molar-refractivity contribution in [2.75, 3.05) is 31.0 Å². The molecule has 2 unspecified atom stereocenters. The number of aromatic nitrogens is 2. The van der Waals surface area contributed by atoms with Gasteiger partial charge in [-0.1, -0.05) is 11.6 Å². The van der Waals surface area contributed by atoms with Crippen molar-refractivity contribution >= 4 is 50.4 Å². The lowest BCUT2D eigenvalue weighted by molar-refractivity contribution is 0.00876. The Balaban J connectivity index is 1.47. The molecule has 8 nitrogen and oxygen atoms in total. The molecule has 11 heteroatoms. The molecule has 2 aliphatic heterocycles. The summed E-state index contributed by atoms with van der Waals surface area (Å²) in [6.07, 6.45) is 3.36. The van der Waals surface area contributed by atoms with Crippen molar-refractivity contribution in [3.8, 4) is 5.75 Å². The molecule has 174 valence electrons. The second-order valence-corrected chi connectivity index (χ2v) is 10.2. The number of aliphatic hydroxyl groups is 1. The van der Waals surface area contributed by atoms with Gasteiger partial charge < -0.3 is 24.6 Å². The summed E-state index contributed by atoms with van der Waals surface area (Å²) >= 11 is 6.21.